The minimum absolute atomic E-state index is 0.387. The lowest BCUT2D eigenvalue weighted by atomic mass is 10.0. The van der Waals surface area contributed by atoms with E-state index in [1.165, 1.54) is 5.56 Å². The van der Waals surface area contributed by atoms with Crippen molar-refractivity contribution in [3.8, 4) is 5.75 Å². The summed E-state index contributed by atoms with van der Waals surface area (Å²) in [5, 5.41) is 11.6. The third-order valence-corrected chi connectivity index (χ3v) is 4.56. The Morgan fingerprint density at radius 1 is 1.32 bits per heavy atom. The third-order valence-electron chi connectivity index (χ3n) is 4.56. The number of fused-ring (bicyclic) bond motifs is 2. The molecule has 5 heteroatoms. The van der Waals surface area contributed by atoms with Crippen LogP contribution in [0.15, 0.2) is 36.5 Å². The Kier molecular flexibility index (Phi) is 3.72. The van der Waals surface area contributed by atoms with Gasteiger partial charge >= 0.3 is 0 Å². The van der Waals surface area contributed by atoms with Gasteiger partial charge in [-0.1, -0.05) is 18.2 Å². The molecule has 22 heavy (non-hydrogen) atoms. The van der Waals surface area contributed by atoms with Crippen LogP contribution in [0.5, 0.6) is 5.75 Å². The van der Waals surface area contributed by atoms with Gasteiger partial charge in [0.1, 0.15) is 11.6 Å². The SMILES string of the molecule is c1ccc2c(c1)OCCCC2NCC1CNc2ccnn2C1. The molecule has 2 atom stereocenters. The summed E-state index contributed by atoms with van der Waals surface area (Å²) >= 11 is 0. The van der Waals surface area contributed by atoms with Gasteiger partial charge in [0.2, 0.25) is 0 Å². The van der Waals surface area contributed by atoms with Crippen molar-refractivity contribution in [3.63, 3.8) is 0 Å². The minimum atomic E-state index is 0.387. The maximum Gasteiger partial charge on any atom is 0.124 e. The molecule has 3 heterocycles. The van der Waals surface area contributed by atoms with E-state index in [1.807, 2.05) is 18.3 Å². The number of benzene rings is 1. The van der Waals surface area contributed by atoms with Gasteiger partial charge in [-0.05, 0) is 18.9 Å². The molecule has 4 rings (SSSR count). The zero-order valence-corrected chi connectivity index (χ0v) is 12.7. The van der Waals surface area contributed by atoms with Crippen LogP contribution < -0.4 is 15.4 Å². The smallest absolute Gasteiger partial charge is 0.124 e. The first kappa shape index (κ1) is 13.6. The maximum absolute atomic E-state index is 5.84. The molecule has 1 aromatic carbocycles. The Bertz CT molecular complexity index is 639. The fourth-order valence-electron chi connectivity index (χ4n) is 3.37. The fourth-order valence-corrected chi connectivity index (χ4v) is 3.37. The van der Waals surface area contributed by atoms with Gasteiger partial charge in [0.25, 0.3) is 0 Å². The molecular formula is C17H22N4O. The number of hydrogen-bond acceptors (Lipinski definition) is 4. The normalized spacial score (nSPS) is 23.6. The molecule has 116 valence electrons. The van der Waals surface area contributed by atoms with Gasteiger partial charge in [-0.15, -0.1) is 0 Å². The molecule has 1 aromatic heterocycles. The van der Waals surface area contributed by atoms with Crippen LogP contribution in [-0.4, -0.2) is 29.5 Å². The van der Waals surface area contributed by atoms with Crippen LogP contribution in [0.25, 0.3) is 0 Å². The highest BCUT2D eigenvalue weighted by Crippen LogP contribution is 2.31. The number of nitrogens with one attached hydrogen (secondary N) is 2. The first-order valence-corrected chi connectivity index (χ1v) is 8.11. The number of ether oxygens (including phenoxy) is 1. The zero-order valence-electron chi connectivity index (χ0n) is 12.7. The topological polar surface area (TPSA) is 51.1 Å². The van der Waals surface area contributed by atoms with E-state index in [0.29, 0.717) is 12.0 Å². The van der Waals surface area contributed by atoms with Crippen LogP contribution in [0.2, 0.25) is 0 Å². The molecule has 0 saturated heterocycles. The summed E-state index contributed by atoms with van der Waals surface area (Å²) in [5.41, 5.74) is 1.29. The van der Waals surface area contributed by atoms with Crippen LogP contribution >= 0.6 is 0 Å². The van der Waals surface area contributed by atoms with Gasteiger partial charge in [-0.25, -0.2) is 4.68 Å². The van der Waals surface area contributed by atoms with E-state index in [1.54, 1.807) is 0 Å². The van der Waals surface area contributed by atoms with Crippen LogP contribution in [0.4, 0.5) is 5.82 Å². The van der Waals surface area contributed by atoms with Gasteiger partial charge in [0.15, 0.2) is 0 Å². The Hall–Kier alpha value is -2.01. The van der Waals surface area contributed by atoms with E-state index in [2.05, 4.69) is 38.6 Å². The first-order chi connectivity index (χ1) is 10.9. The highest BCUT2D eigenvalue weighted by atomic mass is 16.5. The second-order valence-corrected chi connectivity index (χ2v) is 6.13. The molecule has 0 bridgehead atoms. The van der Waals surface area contributed by atoms with Crippen molar-refractivity contribution in [2.45, 2.75) is 25.4 Å². The lowest BCUT2D eigenvalue weighted by Crippen LogP contribution is -2.36. The molecule has 2 aromatic rings. The molecular weight excluding hydrogens is 276 g/mol. The number of anilines is 1. The molecule has 0 spiro atoms. The van der Waals surface area contributed by atoms with Gasteiger partial charge < -0.3 is 15.4 Å². The van der Waals surface area contributed by atoms with Crippen LogP contribution in [0.3, 0.4) is 0 Å². The van der Waals surface area contributed by atoms with Crippen molar-refractivity contribution in [3.05, 3.63) is 42.1 Å². The van der Waals surface area contributed by atoms with E-state index in [4.69, 9.17) is 4.74 Å². The summed E-state index contributed by atoms with van der Waals surface area (Å²) in [6.45, 7) is 3.79. The predicted molar refractivity (Wildman–Crippen MR) is 86.1 cm³/mol. The average molecular weight is 298 g/mol. The van der Waals surface area contributed by atoms with E-state index >= 15 is 0 Å². The molecule has 0 aliphatic carbocycles. The number of nitrogens with zero attached hydrogens (tertiary/aromatic N) is 2. The number of para-hydroxylation sites is 1. The Balaban J connectivity index is 1.42. The van der Waals surface area contributed by atoms with E-state index in [9.17, 15) is 0 Å². The van der Waals surface area contributed by atoms with Crippen LogP contribution in [-0.2, 0) is 6.54 Å². The van der Waals surface area contributed by atoms with Gasteiger partial charge in [-0.3, -0.25) is 0 Å². The zero-order chi connectivity index (χ0) is 14.8. The van der Waals surface area contributed by atoms with Crippen molar-refractivity contribution in [1.29, 1.82) is 0 Å². The molecule has 0 saturated carbocycles. The summed E-state index contributed by atoms with van der Waals surface area (Å²) < 4.78 is 7.90. The minimum Gasteiger partial charge on any atom is -0.493 e. The second kappa shape index (κ2) is 6.01. The molecule has 2 unspecified atom stereocenters. The Morgan fingerprint density at radius 3 is 3.27 bits per heavy atom. The standard InChI is InChI=1S/C17H22N4O/c1-2-6-16-14(4-1)15(5-3-9-22-16)18-10-13-11-19-17-7-8-20-21(17)12-13/h1-2,4,6-8,13,15,18-19H,3,5,9-12H2. The summed E-state index contributed by atoms with van der Waals surface area (Å²) in [5.74, 6) is 2.72. The van der Waals surface area contributed by atoms with Gasteiger partial charge in [0.05, 0.1) is 12.8 Å². The summed E-state index contributed by atoms with van der Waals surface area (Å²) in [7, 11) is 0. The highest BCUT2D eigenvalue weighted by Gasteiger charge is 2.22. The second-order valence-electron chi connectivity index (χ2n) is 6.13. The number of aromatic nitrogens is 2. The highest BCUT2D eigenvalue weighted by molar-refractivity contribution is 5.37. The van der Waals surface area contributed by atoms with Crippen molar-refractivity contribution < 1.29 is 4.74 Å². The largest absolute Gasteiger partial charge is 0.493 e. The van der Waals surface area contributed by atoms with E-state index in [-0.39, 0.29) is 0 Å². The average Bonchev–Trinajstić information content (AvgIpc) is 2.92. The molecule has 5 nitrogen and oxygen atoms in total. The molecule has 2 N–H and O–H groups in total. The van der Waals surface area contributed by atoms with Crippen LogP contribution in [0.1, 0.15) is 24.4 Å². The summed E-state index contributed by atoms with van der Waals surface area (Å²) in [6.07, 6.45) is 4.08. The van der Waals surface area contributed by atoms with Crippen molar-refractivity contribution in [1.82, 2.24) is 15.1 Å². The predicted octanol–water partition coefficient (Wildman–Crippen LogP) is 2.43. The van der Waals surface area contributed by atoms with Crippen LogP contribution in [0, 0.1) is 5.92 Å². The summed E-state index contributed by atoms with van der Waals surface area (Å²) in [6, 6.07) is 10.8. The number of rotatable bonds is 3. The molecule has 2 aliphatic rings. The number of hydrogen-bond donors (Lipinski definition) is 2. The van der Waals surface area contributed by atoms with E-state index in [0.717, 1.165) is 50.7 Å². The van der Waals surface area contributed by atoms with Gasteiger partial charge in [-0.2, -0.15) is 5.10 Å². The monoisotopic (exact) mass is 298 g/mol. The quantitative estimate of drug-likeness (QED) is 0.914. The Morgan fingerprint density at radius 2 is 2.27 bits per heavy atom. The fraction of sp³-hybridized carbons (Fsp3) is 0.471. The van der Waals surface area contributed by atoms with Crippen molar-refractivity contribution in [2.24, 2.45) is 5.92 Å². The van der Waals surface area contributed by atoms with Crippen molar-refractivity contribution in [2.75, 3.05) is 25.0 Å². The third kappa shape index (κ3) is 2.68. The van der Waals surface area contributed by atoms with E-state index < -0.39 is 0 Å². The Labute approximate surface area is 130 Å². The maximum atomic E-state index is 5.84. The molecule has 2 aliphatic heterocycles. The molecule has 0 radical (unpaired) electrons. The first-order valence-electron chi connectivity index (χ1n) is 8.11. The summed E-state index contributed by atoms with van der Waals surface area (Å²) in [4.78, 5) is 0. The molecule has 0 amide bonds. The van der Waals surface area contributed by atoms with Gasteiger partial charge in [0, 0.05) is 43.2 Å². The lowest BCUT2D eigenvalue weighted by molar-refractivity contribution is 0.313. The van der Waals surface area contributed by atoms with Crippen molar-refractivity contribution >= 4 is 5.82 Å². The molecule has 0 fully saturated rings. The lowest BCUT2D eigenvalue weighted by Gasteiger charge is -2.27.